The number of likely N-dealkylation sites (tertiary alicyclic amines) is 1. The van der Waals surface area contributed by atoms with Crippen molar-refractivity contribution in [3.8, 4) is 0 Å². The first-order chi connectivity index (χ1) is 20.2. The maximum Gasteiger partial charge on any atom is 0.410 e. The molecule has 1 aromatic rings. The highest BCUT2D eigenvalue weighted by molar-refractivity contribution is 5.79. The lowest BCUT2D eigenvalue weighted by atomic mass is 9.81. The van der Waals surface area contributed by atoms with E-state index in [-0.39, 0.29) is 37.8 Å². The summed E-state index contributed by atoms with van der Waals surface area (Å²) < 4.78 is 28.9. The van der Waals surface area contributed by atoms with E-state index in [2.05, 4.69) is 17.5 Å². The number of hydrogen-bond donors (Lipinski definition) is 1. The zero-order valence-electron chi connectivity index (χ0n) is 26.5. The van der Waals surface area contributed by atoms with E-state index in [1.165, 1.54) is 5.57 Å². The molecule has 0 radical (unpaired) electrons. The van der Waals surface area contributed by atoms with E-state index in [4.69, 9.17) is 23.7 Å². The van der Waals surface area contributed by atoms with Gasteiger partial charge < -0.3 is 33.9 Å². The van der Waals surface area contributed by atoms with E-state index in [0.29, 0.717) is 26.2 Å². The molecule has 0 saturated carbocycles. The second kappa shape index (κ2) is 13.8. The third-order valence-corrected chi connectivity index (χ3v) is 7.76. The highest BCUT2D eigenvalue weighted by atomic mass is 16.6. The summed E-state index contributed by atoms with van der Waals surface area (Å²) in [5.74, 6) is -0.563. The van der Waals surface area contributed by atoms with Crippen LogP contribution in [0.4, 0.5) is 4.79 Å². The van der Waals surface area contributed by atoms with Crippen LogP contribution in [0.2, 0.25) is 0 Å². The minimum absolute atomic E-state index is 0.0193. The molecule has 1 spiro atoms. The average Bonchev–Trinajstić information content (AvgIpc) is 2.91. The van der Waals surface area contributed by atoms with Gasteiger partial charge >= 0.3 is 12.1 Å². The summed E-state index contributed by atoms with van der Waals surface area (Å²) in [5, 5.41) is 3.14. The molecule has 2 aliphatic heterocycles. The number of nitrogens with zero attached hydrogens (tertiary/aromatic N) is 1. The average molecular weight is 601 g/mol. The van der Waals surface area contributed by atoms with Crippen LogP contribution in [-0.4, -0.2) is 84.7 Å². The number of hydrogen-bond acceptors (Lipinski definition) is 8. The Morgan fingerprint density at radius 3 is 2.51 bits per heavy atom. The Balaban J connectivity index is 1.39. The number of amides is 2. The fraction of sp³-hybridized carbons (Fsp3) is 0.667. The van der Waals surface area contributed by atoms with Crippen LogP contribution >= 0.6 is 0 Å². The number of morpholine rings is 1. The van der Waals surface area contributed by atoms with Gasteiger partial charge in [0.25, 0.3) is 0 Å². The molecule has 1 unspecified atom stereocenters. The van der Waals surface area contributed by atoms with Gasteiger partial charge in [0.1, 0.15) is 24.4 Å². The second-order valence-corrected chi connectivity index (χ2v) is 13.7. The normalized spacial score (nSPS) is 24.7. The van der Waals surface area contributed by atoms with Gasteiger partial charge in [0.15, 0.2) is 0 Å². The zero-order valence-corrected chi connectivity index (χ0v) is 26.5. The van der Waals surface area contributed by atoms with E-state index in [1.807, 2.05) is 59.7 Å². The number of rotatable bonds is 8. The minimum atomic E-state index is -0.710. The number of esters is 1. The van der Waals surface area contributed by atoms with E-state index >= 15 is 0 Å². The maximum atomic E-state index is 13.2. The third kappa shape index (κ3) is 9.27. The van der Waals surface area contributed by atoms with Gasteiger partial charge in [-0.25, -0.2) is 9.59 Å². The Kier molecular flexibility index (Phi) is 10.6. The van der Waals surface area contributed by atoms with Gasteiger partial charge in [0, 0.05) is 6.54 Å². The molecule has 1 N–H and O–H groups in total. The smallest absolute Gasteiger partial charge is 0.410 e. The second-order valence-electron chi connectivity index (χ2n) is 13.7. The van der Waals surface area contributed by atoms with Crippen molar-refractivity contribution < 1.29 is 38.1 Å². The van der Waals surface area contributed by atoms with E-state index in [1.54, 1.807) is 4.90 Å². The summed E-state index contributed by atoms with van der Waals surface area (Å²) in [6.45, 7) is 12.4. The molecule has 3 aliphatic rings. The Morgan fingerprint density at radius 2 is 1.84 bits per heavy atom. The van der Waals surface area contributed by atoms with Crippen LogP contribution in [0.3, 0.4) is 0 Å². The molecule has 0 bridgehead atoms. The van der Waals surface area contributed by atoms with Gasteiger partial charge in [0.05, 0.1) is 37.5 Å². The number of ether oxygens (including phenoxy) is 5. The van der Waals surface area contributed by atoms with Crippen molar-refractivity contribution >= 4 is 23.5 Å². The van der Waals surface area contributed by atoms with Crippen molar-refractivity contribution in [2.75, 3.05) is 33.0 Å². The molecule has 2 saturated heterocycles. The first-order valence-corrected chi connectivity index (χ1v) is 15.3. The molecule has 4 rings (SSSR count). The van der Waals surface area contributed by atoms with Crippen molar-refractivity contribution in [1.82, 2.24) is 10.2 Å². The van der Waals surface area contributed by atoms with Crippen LogP contribution in [0.15, 0.2) is 30.3 Å². The number of nitrogens with one attached hydrogen (secondary N) is 1. The number of allylic oxidation sites excluding steroid dienone is 1. The van der Waals surface area contributed by atoms with Gasteiger partial charge in [-0.2, -0.15) is 0 Å². The van der Waals surface area contributed by atoms with E-state index < -0.39 is 28.9 Å². The molecular weight excluding hydrogens is 552 g/mol. The molecule has 2 amide bonds. The Labute approximate surface area is 255 Å². The van der Waals surface area contributed by atoms with Crippen LogP contribution in [0.5, 0.6) is 0 Å². The maximum absolute atomic E-state index is 13.2. The first-order valence-electron chi connectivity index (χ1n) is 15.3. The lowest BCUT2D eigenvalue weighted by molar-refractivity contribution is -0.160. The van der Waals surface area contributed by atoms with E-state index in [9.17, 15) is 14.4 Å². The summed E-state index contributed by atoms with van der Waals surface area (Å²) in [6, 6.07) is 7.66. The fourth-order valence-electron chi connectivity index (χ4n) is 5.97. The molecule has 2 fully saturated rings. The molecule has 3 atom stereocenters. The monoisotopic (exact) mass is 600 g/mol. The zero-order chi connectivity index (χ0) is 31.3. The van der Waals surface area contributed by atoms with Gasteiger partial charge in [-0.1, -0.05) is 30.3 Å². The van der Waals surface area contributed by atoms with Crippen LogP contribution < -0.4 is 5.32 Å². The van der Waals surface area contributed by atoms with Crippen LogP contribution in [0, 0.1) is 0 Å². The molecule has 10 heteroatoms. The van der Waals surface area contributed by atoms with Crippen molar-refractivity contribution in [3.05, 3.63) is 41.5 Å². The largest absolute Gasteiger partial charge is 0.458 e. The van der Waals surface area contributed by atoms with E-state index in [0.717, 1.165) is 36.8 Å². The Bertz CT molecular complexity index is 1180. The lowest BCUT2D eigenvalue weighted by Crippen LogP contribution is -2.72. The van der Waals surface area contributed by atoms with Crippen molar-refractivity contribution in [2.24, 2.45) is 0 Å². The van der Waals surface area contributed by atoms with Gasteiger partial charge in [-0.3, -0.25) is 4.79 Å². The standard InChI is InChI=1S/C33H48N2O8/c1-31(2,3)42-29(37)21-39-18-24-10-7-8-11-26(24)23-12-14-25(15-13-23)41-19-27-33(22-40-20-28(36)34-33)16-9-17-35(27)30(38)43-32(4,5)6/h7-8,10-12,25,27H,9,13-22H2,1-6H3,(H,34,36)/t25?,27-,33+/m0/s1. The molecule has 43 heavy (non-hydrogen) atoms. The van der Waals surface area contributed by atoms with Crippen LogP contribution in [0.1, 0.15) is 84.8 Å². The van der Waals surface area contributed by atoms with Gasteiger partial charge in [0.2, 0.25) is 5.91 Å². The summed E-state index contributed by atoms with van der Waals surface area (Å²) in [4.78, 5) is 39.4. The highest BCUT2D eigenvalue weighted by Gasteiger charge is 2.50. The van der Waals surface area contributed by atoms with Crippen LogP contribution in [-0.2, 0) is 39.9 Å². The molecule has 1 aliphatic carbocycles. The number of carbonyl (C=O) groups excluding carboxylic acids is 3. The SMILES string of the molecule is CC(C)(C)OC(=O)COCc1ccccc1C1=CCC(OC[C@@H]2N(C(=O)OC(C)(C)C)CCC[C@@]23COCC(=O)N3)CC1. The summed E-state index contributed by atoms with van der Waals surface area (Å²) in [5.41, 5.74) is 1.44. The van der Waals surface area contributed by atoms with Gasteiger partial charge in [-0.05, 0) is 90.3 Å². The van der Waals surface area contributed by atoms with Crippen molar-refractivity contribution in [2.45, 2.75) is 109 Å². The Hall–Kier alpha value is -2.95. The third-order valence-electron chi connectivity index (χ3n) is 7.76. The minimum Gasteiger partial charge on any atom is -0.458 e. The molecule has 0 aromatic heterocycles. The summed E-state index contributed by atoms with van der Waals surface area (Å²) >= 11 is 0. The number of piperidine rings is 1. The highest BCUT2D eigenvalue weighted by Crippen LogP contribution is 2.34. The Morgan fingerprint density at radius 1 is 1.09 bits per heavy atom. The first kappa shape index (κ1) is 33.0. The summed E-state index contributed by atoms with van der Waals surface area (Å²) in [6.07, 6.45) is 5.55. The van der Waals surface area contributed by atoms with Crippen LogP contribution in [0.25, 0.3) is 5.57 Å². The number of benzene rings is 1. The summed E-state index contributed by atoms with van der Waals surface area (Å²) in [7, 11) is 0. The quantitative estimate of drug-likeness (QED) is 0.425. The molecule has 1 aromatic carbocycles. The molecule has 2 heterocycles. The molecule has 10 nitrogen and oxygen atoms in total. The predicted molar refractivity (Wildman–Crippen MR) is 161 cm³/mol. The lowest BCUT2D eigenvalue weighted by Gasteiger charge is -2.51. The van der Waals surface area contributed by atoms with Gasteiger partial charge in [-0.15, -0.1) is 0 Å². The molecular formula is C33H48N2O8. The predicted octanol–water partition coefficient (Wildman–Crippen LogP) is 4.78. The van der Waals surface area contributed by atoms with Crippen molar-refractivity contribution in [1.29, 1.82) is 0 Å². The molecule has 238 valence electrons. The van der Waals surface area contributed by atoms with Crippen molar-refractivity contribution in [3.63, 3.8) is 0 Å². The number of carbonyl (C=O) groups is 3. The fourth-order valence-corrected chi connectivity index (χ4v) is 5.97. The topological polar surface area (TPSA) is 113 Å².